The van der Waals surface area contributed by atoms with Crippen molar-refractivity contribution < 1.29 is 33.1 Å². The summed E-state index contributed by atoms with van der Waals surface area (Å²) in [6.07, 6.45) is 0.363. The van der Waals surface area contributed by atoms with E-state index in [1.54, 1.807) is 14.7 Å². The van der Waals surface area contributed by atoms with E-state index in [1.807, 2.05) is 75.4 Å². The largest absolute Gasteiger partial charge is 0.448 e. The minimum Gasteiger partial charge on any atom is -0.448 e. The second-order valence-electron chi connectivity index (χ2n) is 14.8. The Morgan fingerprint density at radius 1 is 0.885 bits per heavy atom. The quantitative estimate of drug-likeness (QED) is 0.191. The molecule has 0 N–H and O–H groups in total. The molecule has 0 saturated carbocycles. The van der Waals surface area contributed by atoms with Crippen molar-refractivity contribution in [3.63, 3.8) is 0 Å². The first kappa shape index (κ1) is 33.7. The van der Waals surface area contributed by atoms with Crippen molar-refractivity contribution >= 4 is 18.2 Å². The maximum absolute atomic E-state index is 13.9. The number of benzene rings is 3. The molecule has 0 spiro atoms. The first-order valence-corrected chi connectivity index (χ1v) is 17.8. The van der Waals surface area contributed by atoms with Gasteiger partial charge in [0.05, 0.1) is 12.1 Å². The number of piperidine rings is 1. The maximum atomic E-state index is 13.9. The zero-order chi connectivity index (χ0) is 36.0. The average molecular weight is 707 g/mol. The molecule has 2 bridgehead atoms. The van der Waals surface area contributed by atoms with E-state index in [2.05, 4.69) is 34.5 Å². The molecular weight excluding hydrogens is 664 g/mol. The van der Waals surface area contributed by atoms with Crippen molar-refractivity contribution in [2.75, 3.05) is 26.2 Å². The molecule has 3 aromatic carbocycles. The van der Waals surface area contributed by atoms with Crippen LogP contribution in [0.4, 0.5) is 14.4 Å². The first-order valence-electron chi connectivity index (χ1n) is 17.8. The van der Waals surface area contributed by atoms with Crippen LogP contribution in [0.3, 0.4) is 0 Å². The highest BCUT2D eigenvalue weighted by atomic mass is 16.7. The van der Waals surface area contributed by atoms with Gasteiger partial charge in [-0.2, -0.15) is 5.06 Å². The highest BCUT2D eigenvalue weighted by Crippen LogP contribution is 2.45. The molecule has 4 heterocycles. The van der Waals surface area contributed by atoms with Gasteiger partial charge in [0.1, 0.15) is 31.4 Å². The lowest BCUT2D eigenvalue weighted by Crippen LogP contribution is -2.62. The molecule has 4 amide bonds. The maximum Gasteiger partial charge on any atom is 0.410 e. The van der Waals surface area contributed by atoms with Gasteiger partial charge in [0.2, 0.25) is 11.8 Å². The number of hydroxylamine groups is 2. The molecule has 0 unspecified atom stereocenters. The molecule has 2 atom stereocenters. The molecule has 13 nitrogen and oxygen atoms in total. The van der Waals surface area contributed by atoms with Crippen LogP contribution in [0.5, 0.6) is 0 Å². The summed E-state index contributed by atoms with van der Waals surface area (Å²) in [7, 11) is 0. The van der Waals surface area contributed by atoms with E-state index < -0.39 is 23.8 Å². The smallest absolute Gasteiger partial charge is 0.410 e. The Bertz CT molecular complexity index is 1910. The van der Waals surface area contributed by atoms with E-state index in [0.717, 1.165) is 27.8 Å². The molecule has 52 heavy (non-hydrogen) atoms. The molecule has 4 aliphatic rings. The Kier molecular flexibility index (Phi) is 8.82. The minimum atomic E-state index is -0.643. The molecule has 13 heteroatoms. The number of urea groups is 1. The number of rotatable bonds is 9. The van der Waals surface area contributed by atoms with Gasteiger partial charge in [0.15, 0.2) is 0 Å². The zero-order valence-corrected chi connectivity index (χ0v) is 29.5. The third-order valence-corrected chi connectivity index (χ3v) is 10.1. The number of amides is 4. The molecule has 1 aromatic heterocycles. The standard InChI is InChI=1S/C39H42N6O7/c1-39(2,3)52-37(47)42-19-27(20-42)43(38(48)49-24-32-30-15-9-7-13-28(30)29-14-8-10-16-31(29)32)22-34-40-41-35(51-34)33-18-17-26-21-44(33)36(46)45(26)50-23-25-11-5-4-6-12-25/h4-16,26-27,32-33H,17-24H2,1-3H3/t26-,33+/m1/s1. The number of hydrogen-bond donors (Lipinski definition) is 0. The van der Waals surface area contributed by atoms with Gasteiger partial charge in [-0.25, -0.2) is 14.4 Å². The normalized spacial score (nSPS) is 19.7. The second kappa shape index (κ2) is 13.6. The Morgan fingerprint density at radius 2 is 1.56 bits per heavy atom. The summed E-state index contributed by atoms with van der Waals surface area (Å²) in [6, 6.07) is 25.0. The van der Waals surface area contributed by atoms with Crippen molar-refractivity contribution in [1.29, 1.82) is 0 Å². The lowest BCUT2D eigenvalue weighted by molar-refractivity contribution is -0.140. The molecule has 3 fully saturated rings. The Morgan fingerprint density at radius 3 is 2.25 bits per heavy atom. The van der Waals surface area contributed by atoms with Gasteiger partial charge >= 0.3 is 18.2 Å². The lowest BCUT2D eigenvalue weighted by Gasteiger charge is -2.44. The number of ether oxygens (including phenoxy) is 2. The zero-order valence-electron chi connectivity index (χ0n) is 29.5. The number of hydrogen-bond acceptors (Lipinski definition) is 9. The minimum absolute atomic E-state index is 0.0217. The van der Waals surface area contributed by atoms with Crippen LogP contribution in [-0.4, -0.2) is 92.1 Å². The van der Waals surface area contributed by atoms with Gasteiger partial charge in [0, 0.05) is 25.6 Å². The summed E-state index contributed by atoms with van der Waals surface area (Å²) in [6.45, 7) is 6.89. The predicted octanol–water partition coefficient (Wildman–Crippen LogP) is 6.51. The number of fused-ring (bicyclic) bond motifs is 5. The predicted molar refractivity (Wildman–Crippen MR) is 187 cm³/mol. The van der Waals surface area contributed by atoms with E-state index in [9.17, 15) is 14.4 Å². The van der Waals surface area contributed by atoms with Crippen LogP contribution in [0.2, 0.25) is 0 Å². The summed E-state index contributed by atoms with van der Waals surface area (Å²) in [4.78, 5) is 50.9. The van der Waals surface area contributed by atoms with E-state index in [1.165, 1.54) is 5.06 Å². The number of carbonyl (C=O) groups excluding carboxylic acids is 3. The van der Waals surface area contributed by atoms with E-state index >= 15 is 0 Å². The van der Waals surface area contributed by atoms with Gasteiger partial charge < -0.3 is 23.7 Å². The van der Waals surface area contributed by atoms with Gasteiger partial charge in [0.25, 0.3) is 0 Å². The summed E-state index contributed by atoms with van der Waals surface area (Å²) >= 11 is 0. The third-order valence-electron chi connectivity index (χ3n) is 10.1. The van der Waals surface area contributed by atoms with Crippen molar-refractivity contribution in [1.82, 2.24) is 30.0 Å². The number of carbonyl (C=O) groups is 3. The van der Waals surface area contributed by atoms with Gasteiger partial charge in [-0.05, 0) is 61.4 Å². The fourth-order valence-electron chi connectivity index (χ4n) is 7.53. The van der Waals surface area contributed by atoms with E-state index in [0.29, 0.717) is 31.9 Å². The highest BCUT2D eigenvalue weighted by Gasteiger charge is 2.48. The molecule has 8 rings (SSSR count). The number of aromatic nitrogens is 2. The second-order valence-corrected chi connectivity index (χ2v) is 14.8. The van der Waals surface area contributed by atoms with Gasteiger partial charge in [-0.15, -0.1) is 10.2 Å². The first-order chi connectivity index (χ1) is 25.1. The highest BCUT2D eigenvalue weighted by molar-refractivity contribution is 5.79. The monoisotopic (exact) mass is 706 g/mol. The Hall–Kier alpha value is -5.43. The fraction of sp³-hybridized carbons (Fsp3) is 0.410. The molecule has 3 aliphatic heterocycles. The average Bonchev–Trinajstić information content (AvgIpc) is 3.78. The van der Waals surface area contributed by atoms with Crippen LogP contribution in [0.1, 0.15) is 74.0 Å². The molecule has 3 saturated heterocycles. The molecule has 4 aromatic rings. The SMILES string of the molecule is CC(C)(C)OC(=O)N1CC(N(Cc2nnc([C@@H]3CC[C@@H]4CN3C(=O)N4OCc3ccccc3)o2)C(=O)OCC2c3ccccc3-c3ccccc32)C1. The third kappa shape index (κ3) is 6.56. The van der Waals surface area contributed by atoms with Crippen molar-refractivity contribution in [3.8, 4) is 11.1 Å². The van der Waals surface area contributed by atoms with E-state index in [4.69, 9.17) is 18.7 Å². The molecule has 1 aliphatic carbocycles. The van der Waals surface area contributed by atoms with Crippen LogP contribution in [0.15, 0.2) is 83.3 Å². The fourth-order valence-corrected chi connectivity index (χ4v) is 7.53. The summed E-state index contributed by atoms with van der Waals surface area (Å²) in [5.41, 5.74) is 4.83. The summed E-state index contributed by atoms with van der Waals surface area (Å²) < 4.78 is 17.8. The number of nitrogens with zero attached hydrogens (tertiary/aromatic N) is 6. The van der Waals surface area contributed by atoms with Gasteiger partial charge in [-0.1, -0.05) is 78.9 Å². The lowest BCUT2D eigenvalue weighted by atomic mass is 9.98. The van der Waals surface area contributed by atoms with Crippen LogP contribution in [0, 0.1) is 0 Å². The summed E-state index contributed by atoms with van der Waals surface area (Å²) in [5, 5.41) is 10.1. The summed E-state index contributed by atoms with van der Waals surface area (Å²) in [5.74, 6) is 0.408. The van der Waals surface area contributed by atoms with Crippen LogP contribution in [-0.2, 0) is 27.5 Å². The van der Waals surface area contributed by atoms with Crippen molar-refractivity contribution in [3.05, 3.63) is 107 Å². The number of likely N-dealkylation sites (tertiary alicyclic amines) is 1. The molecule has 0 radical (unpaired) electrons. The van der Waals surface area contributed by atoms with Crippen LogP contribution < -0.4 is 0 Å². The molecule has 270 valence electrons. The van der Waals surface area contributed by atoms with Crippen LogP contribution >= 0.6 is 0 Å². The molecular formula is C39H42N6O7. The van der Waals surface area contributed by atoms with Crippen molar-refractivity contribution in [2.45, 2.75) is 76.4 Å². The van der Waals surface area contributed by atoms with Gasteiger partial charge in [-0.3, -0.25) is 9.74 Å². The van der Waals surface area contributed by atoms with Crippen molar-refractivity contribution in [2.24, 2.45) is 0 Å². The van der Waals surface area contributed by atoms with E-state index in [-0.39, 0.29) is 56.2 Å². The Labute approximate surface area is 302 Å². The Balaban J connectivity index is 0.960. The van der Waals surface area contributed by atoms with Crippen LogP contribution in [0.25, 0.3) is 11.1 Å². The topological polar surface area (TPSA) is 131 Å².